The van der Waals surface area contributed by atoms with Crippen molar-refractivity contribution in [2.24, 2.45) is 0 Å². The minimum absolute atomic E-state index is 0.118. The van der Waals surface area contributed by atoms with Gasteiger partial charge in [-0.05, 0) is 38.1 Å². The maximum atomic E-state index is 12.0. The third-order valence-electron chi connectivity index (χ3n) is 3.24. The Balaban J connectivity index is 1.87. The number of nitrogens with one attached hydrogen (secondary N) is 1. The SMILES string of the molecule is Cc1ccc(C(=O)O[C@H](C)c2nc3ccccc3c(=O)[nH]2)o1. The molecule has 1 N–H and O–H groups in total. The van der Waals surface area contributed by atoms with Gasteiger partial charge in [-0.15, -0.1) is 0 Å². The number of fused-ring (bicyclic) bond motifs is 1. The van der Waals surface area contributed by atoms with E-state index in [1.54, 1.807) is 50.2 Å². The zero-order valence-corrected chi connectivity index (χ0v) is 12.1. The number of furan rings is 1. The van der Waals surface area contributed by atoms with Gasteiger partial charge < -0.3 is 14.1 Å². The lowest BCUT2D eigenvalue weighted by Gasteiger charge is -2.12. The number of carbonyl (C=O) groups is 1. The molecule has 3 rings (SSSR count). The molecular weight excluding hydrogens is 284 g/mol. The van der Waals surface area contributed by atoms with Gasteiger partial charge in [0.2, 0.25) is 5.76 Å². The van der Waals surface area contributed by atoms with E-state index in [0.717, 1.165) is 0 Å². The number of hydrogen-bond donors (Lipinski definition) is 1. The molecule has 112 valence electrons. The van der Waals surface area contributed by atoms with Gasteiger partial charge >= 0.3 is 5.97 Å². The molecule has 6 heteroatoms. The number of benzene rings is 1. The number of ether oxygens (including phenoxy) is 1. The Hall–Kier alpha value is -2.89. The van der Waals surface area contributed by atoms with Crippen LogP contribution in [-0.2, 0) is 4.74 Å². The van der Waals surface area contributed by atoms with Crippen molar-refractivity contribution in [3.05, 3.63) is 64.1 Å². The van der Waals surface area contributed by atoms with Gasteiger partial charge in [0.1, 0.15) is 5.76 Å². The number of hydrogen-bond acceptors (Lipinski definition) is 5. The van der Waals surface area contributed by atoms with Crippen LogP contribution in [0.15, 0.2) is 45.6 Å². The summed E-state index contributed by atoms with van der Waals surface area (Å²) in [7, 11) is 0. The lowest BCUT2D eigenvalue weighted by atomic mass is 10.2. The number of rotatable bonds is 3. The van der Waals surface area contributed by atoms with Crippen molar-refractivity contribution in [2.75, 3.05) is 0 Å². The van der Waals surface area contributed by atoms with Crippen LogP contribution in [0.3, 0.4) is 0 Å². The summed E-state index contributed by atoms with van der Waals surface area (Å²) >= 11 is 0. The predicted molar refractivity (Wildman–Crippen MR) is 79.6 cm³/mol. The molecule has 0 aliphatic carbocycles. The number of aromatic nitrogens is 2. The molecule has 0 aliphatic heterocycles. The second-order valence-corrected chi connectivity index (χ2v) is 4.93. The zero-order valence-electron chi connectivity index (χ0n) is 12.1. The van der Waals surface area contributed by atoms with Gasteiger partial charge in [0.05, 0.1) is 10.9 Å². The van der Waals surface area contributed by atoms with Gasteiger partial charge in [0, 0.05) is 0 Å². The standard InChI is InChI=1S/C16H14N2O4/c1-9-7-8-13(21-9)16(20)22-10(2)14-17-12-6-4-3-5-11(12)15(19)18-14/h3-8,10H,1-2H3,(H,17,18,19)/t10-/m1/s1. The van der Waals surface area contributed by atoms with Gasteiger partial charge in [0.25, 0.3) is 5.56 Å². The van der Waals surface area contributed by atoms with Crippen molar-refractivity contribution in [3.63, 3.8) is 0 Å². The van der Waals surface area contributed by atoms with Crippen molar-refractivity contribution >= 4 is 16.9 Å². The van der Waals surface area contributed by atoms with Crippen molar-refractivity contribution in [1.82, 2.24) is 9.97 Å². The third kappa shape index (κ3) is 2.63. The lowest BCUT2D eigenvalue weighted by Crippen LogP contribution is -2.17. The number of carbonyl (C=O) groups excluding carboxylic acids is 1. The summed E-state index contributed by atoms with van der Waals surface area (Å²) in [6.45, 7) is 3.38. The van der Waals surface area contributed by atoms with Crippen molar-refractivity contribution in [2.45, 2.75) is 20.0 Å². The first-order chi connectivity index (χ1) is 10.5. The van der Waals surface area contributed by atoms with E-state index in [4.69, 9.17) is 9.15 Å². The average molecular weight is 298 g/mol. The number of esters is 1. The Bertz CT molecular complexity index is 894. The Labute approximate surface area is 125 Å². The normalized spacial score (nSPS) is 12.3. The highest BCUT2D eigenvalue weighted by molar-refractivity contribution is 5.86. The van der Waals surface area contributed by atoms with Crippen LogP contribution >= 0.6 is 0 Å². The highest BCUT2D eigenvalue weighted by atomic mass is 16.6. The molecule has 3 aromatic rings. The molecule has 0 fully saturated rings. The molecule has 0 saturated heterocycles. The number of H-pyrrole nitrogens is 1. The van der Waals surface area contributed by atoms with E-state index in [0.29, 0.717) is 22.5 Å². The summed E-state index contributed by atoms with van der Waals surface area (Å²) in [6.07, 6.45) is -0.699. The molecule has 0 spiro atoms. The van der Waals surface area contributed by atoms with E-state index in [2.05, 4.69) is 9.97 Å². The van der Waals surface area contributed by atoms with Crippen molar-refractivity contribution in [1.29, 1.82) is 0 Å². The summed E-state index contributed by atoms with van der Waals surface area (Å²) in [5.41, 5.74) is 0.287. The Morgan fingerprint density at radius 3 is 2.77 bits per heavy atom. The first-order valence-corrected chi connectivity index (χ1v) is 6.81. The fourth-order valence-electron chi connectivity index (χ4n) is 2.12. The van der Waals surface area contributed by atoms with Crippen LogP contribution in [0.2, 0.25) is 0 Å². The second-order valence-electron chi connectivity index (χ2n) is 4.93. The number of aromatic amines is 1. The van der Waals surface area contributed by atoms with Gasteiger partial charge in [0.15, 0.2) is 11.9 Å². The van der Waals surface area contributed by atoms with Crippen LogP contribution in [0.1, 0.15) is 35.2 Å². The van der Waals surface area contributed by atoms with Gasteiger partial charge in [-0.2, -0.15) is 0 Å². The largest absolute Gasteiger partial charge is 0.454 e. The Morgan fingerprint density at radius 1 is 1.27 bits per heavy atom. The number of aryl methyl sites for hydroxylation is 1. The van der Waals surface area contributed by atoms with E-state index < -0.39 is 12.1 Å². The summed E-state index contributed by atoms with van der Waals surface area (Å²) in [5, 5.41) is 0.492. The molecule has 0 aliphatic rings. The minimum atomic E-state index is -0.699. The zero-order chi connectivity index (χ0) is 15.7. The summed E-state index contributed by atoms with van der Waals surface area (Å²) in [5.74, 6) is 0.432. The maximum Gasteiger partial charge on any atom is 0.374 e. The average Bonchev–Trinajstić information content (AvgIpc) is 2.94. The van der Waals surface area contributed by atoms with Crippen LogP contribution < -0.4 is 5.56 Å². The first kappa shape index (κ1) is 14.1. The smallest absolute Gasteiger partial charge is 0.374 e. The summed E-state index contributed by atoms with van der Waals surface area (Å²) in [4.78, 5) is 30.9. The van der Waals surface area contributed by atoms with Crippen LogP contribution in [-0.4, -0.2) is 15.9 Å². The monoisotopic (exact) mass is 298 g/mol. The molecule has 0 bridgehead atoms. The quantitative estimate of drug-likeness (QED) is 0.751. The summed E-state index contributed by atoms with van der Waals surface area (Å²) in [6, 6.07) is 10.2. The van der Waals surface area contributed by atoms with Gasteiger partial charge in [-0.1, -0.05) is 12.1 Å². The number of nitrogens with zero attached hydrogens (tertiary/aromatic N) is 1. The molecule has 0 unspecified atom stereocenters. The Morgan fingerprint density at radius 2 is 2.05 bits per heavy atom. The van der Waals surface area contributed by atoms with E-state index in [9.17, 15) is 9.59 Å². The topological polar surface area (TPSA) is 85.2 Å². The fraction of sp³-hybridized carbons (Fsp3) is 0.188. The molecule has 22 heavy (non-hydrogen) atoms. The molecule has 0 radical (unpaired) electrons. The van der Waals surface area contributed by atoms with E-state index >= 15 is 0 Å². The molecular formula is C16H14N2O4. The fourth-order valence-corrected chi connectivity index (χ4v) is 2.12. The van der Waals surface area contributed by atoms with E-state index in [1.165, 1.54) is 0 Å². The predicted octanol–water partition coefficient (Wildman–Crippen LogP) is 2.74. The maximum absolute atomic E-state index is 12.0. The highest BCUT2D eigenvalue weighted by Crippen LogP contribution is 2.17. The van der Waals surface area contributed by atoms with Crippen molar-refractivity contribution in [3.8, 4) is 0 Å². The van der Waals surface area contributed by atoms with Gasteiger partial charge in [-0.25, -0.2) is 9.78 Å². The van der Waals surface area contributed by atoms with Crippen LogP contribution in [0.25, 0.3) is 10.9 Å². The molecule has 6 nitrogen and oxygen atoms in total. The highest BCUT2D eigenvalue weighted by Gasteiger charge is 2.19. The lowest BCUT2D eigenvalue weighted by molar-refractivity contribution is 0.0282. The van der Waals surface area contributed by atoms with E-state index in [1.807, 2.05) is 0 Å². The molecule has 2 aromatic heterocycles. The van der Waals surface area contributed by atoms with Crippen LogP contribution in [0.4, 0.5) is 0 Å². The minimum Gasteiger partial charge on any atom is -0.454 e. The molecule has 0 amide bonds. The number of para-hydroxylation sites is 1. The van der Waals surface area contributed by atoms with Gasteiger partial charge in [-0.3, -0.25) is 4.79 Å². The third-order valence-corrected chi connectivity index (χ3v) is 3.24. The molecule has 2 heterocycles. The summed E-state index contributed by atoms with van der Waals surface area (Å²) < 4.78 is 10.5. The first-order valence-electron chi connectivity index (χ1n) is 6.81. The van der Waals surface area contributed by atoms with Crippen molar-refractivity contribution < 1.29 is 13.9 Å². The van der Waals surface area contributed by atoms with E-state index in [-0.39, 0.29) is 11.3 Å². The van der Waals surface area contributed by atoms with Crippen LogP contribution in [0, 0.1) is 6.92 Å². The van der Waals surface area contributed by atoms with Crippen LogP contribution in [0.5, 0.6) is 0 Å². The molecule has 1 aromatic carbocycles. The molecule has 0 saturated carbocycles. The molecule has 1 atom stereocenters. The second kappa shape index (κ2) is 5.48. The Kier molecular flexibility index (Phi) is 3.50.